The SMILES string of the molecule is CC1CCCCCC1n1cc(Br)cc1C(=O)O. The summed E-state index contributed by atoms with van der Waals surface area (Å²) in [5.74, 6) is -0.290. The van der Waals surface area contributed by atoms with Crippen molar-refractivity contribution in [1.82, 2.24) is 4.57 Å². The first kappa shape index (κ1) is 12.7. The van der Waals surface area contributed by atoms with Crippen molar-refractivity contribution < 1.29 is 9.90 Å². The van der Waals surface area contributed by atoms with E-state index in [-0.39, 0.29) is 0 Å². The molecule has 1 fully saturated rings. The van der Waals surface area contributed by atoms with Crippen LogP contribution in [-0.4, -0.2) is 15.6 Å². The first-order valence-electron chi connectivity index (χ1n) is 6.20. The molecule has 0 aromatic carbocycles. The molecule has 2 unspecified atom stereocenters. The molecule has 1 saturated carbocycles. The predicted molar refractivity (Wildman–Crippen MR) is 70.4 cm³/mol. The zero-order valence-electron chi connectivity index (χ0n) is 10.0. The number of carbonyl (C=O) groups is 1. The maximum Gasteiger partial charge on any atom is 0.352 e. The number of nitrogens with zero attached hydrogens (tertiary/aromatic N) is 1. The molecule has 0 spiro atoms. The van der Waals surface area contributed by atoms with Crippen molar-refractivity contribution in [3.63, 3.8) is 0 Å². The molecule has 0 saturated heterocycles. The summed E-state index contributed by atoms with van der Waals surface area (Å²) in [6.07, 6.45) is 7.93. The van der Waals surface area contributed by atoms with Gasteiger partial charge in [0.15, 0.2) is 0 Å². The molecule has 1 aliphatic rings. The molecule has 2 atom stereocenters. The third-order valence-electron chi connectivity index (χ3n) is 3.71. The molecule has 3 nitrogen and oxygen atoms in total. The lowest BCUT2D eigenvalue weighted by atomic mass is 9.96. The van der Waals surface area contributed by atoms with Crippen molar-refractivity contribution >= 4 is 21.9 Å². The van der Waals surface area contributed by atoms with E-state index in [0.29, 0.717) is 17.7 Å². The van der Waals surface area contributed by atoms with Crippen molar-refractivity contribution in [2.24, 2.45) is 5.92 Å². The van der Waals surface area contributed by atoms with Crippen LogP contribution in [0.15, 0.2) is 16.7 Å². The van der Waals surface area contributed by atoms with Crippen LogP contribution in [0.4, 0.5) is 0 Å². The van der Waals surface area contributed by atoms with Crippen LogP contribution >= 0.6 is 15.9 Å². The second-order valence-corrected chi connectivity index (χ2v) is 5.85. The summed E-state index contributed by atoms with van der Waals surface area (Å²) in [6, 6.07) is 2.02. The number of carboxylic acids is 1. The number of rotatable bonds is 2. The largest absolute Gasteiger partial charge is 0.477 e. The fraction of sp³-hybridized carbons (Fsp3) is 0.615. The smallest absolute Gasteiger partial charge is 0.352 e. The highest BCUT2D eigenvalue weighted by Gasteiger charge is 2.25. The Kier molecular flexibility index (Phi) is 3.92. The van der Waals surface area contributed by atoms with Crippen molar-refractivity contribution in [3.05, 3.63) is 22.4 Å². The Labute approximate surface area is 110 Å². The van der Waals surface area contributed by atoms with Crippen LogP contribution in [-0.2, 0) is 0 Å². The van der Waals surface area contributed by atoms with Crippen molar-refractivity contribution in [3.8, 4) is 0 Å². The van der Waals surface area contributed by atoms with E-state index in [1.807, 2.05) is 10.8 Å². The van der Waals surface area contributed by atoms with Crippen LogP contribution in [0.3, 0.4) is 0 Å². The standard InChI is InChI=1S/C13H18BrNO2/c1-9-5-3-2-4-6-11(9)15-8-10(14)7-12(15)13(16)17/h7-9,11H,2-6H2,1H3,(H,16,17). The van der Waals surface area contributed by atoms with Crippen molar-refractivity contribution in [2.45, 2.75) is 45.1 Å². The Morgan fingerprint density at radius 2 is 2.12 bits per heavy atom. The average Bonchev–Trinajstić information content (AvgIpc) is 2.52. The Morgan fingerprint density at radius 3 is 2.82 bits per heavy atom. The minimum absolute atomic E-state index is 0.329. The van der Waals surface area contributed by atoms with Gasteiger partial charge >= 0.3 is 5.97 Å². The van der Waals surface area contributed by atoms with Gasteiger partial charge in [0.25, 0.3) is 0 Å². The zero-order valence-corrected chi connectivity index (χ0v) is 11.6. The highest BCUT2D eigenvalue weighted by atomic mass is 79.9. The first-order valence-corrected chi connectivity index (χ1v) is 6.99. The van der Waals surface area contributed by atoms with E-state index in [2.05, 4.69) is 22.9 Å². The molecule has 17 heavy (non-hydrogen) atoms. The van der Waals surface area contributed by atoms with E-state index in [0.717, 1.165) is 10.9 Å². The van der Waals surface area contributed by atoms with E-state index in [4.69, 9.17) is 0 Å². The molecule has 1 aromatic heterocycles. The fourth-order valence-corrected chi connectivity index (χ4v) is 3.22. The molecular formula is C13H18BrNO2. The lowest BCUT2D eigenvalue weighted by molar-refractivity contribution is 0.0680. The van der Waals surface area contributed by atoms with Gasteiger partial charge in [-0.2, -0.15) is 0 Å². The van der Waals surface area contributed by atoms with Crippen LogP contribution in [0.25, 0.3) is 0 Å². The maximum atomic E-state index is 11.2. The quantitative estimate of drug-likeness (QED) is 0.836. The second kappa shape index (κ2) is 5.25. The third-order valence-corrected chi connectivity index (χ3v) is 4.14. The number of hydrogen-bond donors (Lipinski definition) is 1. The van der Waals surface area contributed by atoms with E-state index in [1.54, 1.807) is 6.07 Å². The number of aromatic carboxylic acids is 1. The van der Waals surface area contributed by atoms with Gasteiger partial charge in [-0.3, -0.25) is 0 Å². The predicted octanol–water partition coefficient (Wildman–Crippen LogP) is 4.09. The average molecular weight is 300 g/mol. The van der Waals surface area contributed by atoms with Crippen molar-refractivity contribution in [1.29, 1.82) is 0 Å². The molecule has 0 aliphatic heterocycles. The maximum absolute atomic E-state index is 11.2. The van der Waals surface area contributed by atoms with Crippen molar-refractivity contribution in [2.75, 3.05) is 0 Å². The van der Waals surface area contributed by atoms with E-state index in [1.165, 1.54) is 25.7 Å². The number of halogens is 1. The Bertz CT molecular complexity index is 414. The molecular weight excluding hydrogens is 282 g/mol. The highest BCUT2D eigenvalue weighted by Crippen LogP contribution is 2.34. The van der Waals surface area contributed by atoms with Gasteiger partial charge in [-0.05, 0) is 40.8 Å². The van der Waals surface area contributed by atoms with Gasteiger partial charge < -0.3 is 9.67 Å². The van der Waals surface area contributed by atoms with Gasteiger partial charge in [-0.15, -0.1) is 0 Å². The van der Waals surface area contributed by atoms with E-state index >= 15 is 0 Å². The Hall–Kier alpha value is -0.770. The summed E-state index contributed by atoms with van der Waals surface area (Å²) < 4.78 is 2.80. The topological polar surface area (TPSA) is 42.2 Å². The molecule has 0 bridgehead atoms. The lowest BCUT2D eigenvalue weighted by Gasteiger charge is -2.24. The van der Waals surface area contributed by atoms with Crippen LogP contribution < -0.4 is 0 Å². The highest BCUT2D eigenvalue weighted by molar-refractivity contribution is 9.10. The fourth-order valence-electron chi connectivity index (χ4n) is 2.78. The summed E-state index contributed by atoms with van der Waals surface area (Å²) in [5.41, 5.74) is 0.399. The second-order valence-electron chi connectivity index (χ2n) is 4.94. The molecule has 2 rings (SSSR count). The minimum Gasteiger partial charge on any atom is -0.477 e. The van der Waals surface area contributed by atoms with E-state index in [9.17, 15) is 9.90 Å². The Morgan fingerprint density at radius 1 is 1.41 bits per heavy atom. The molecule has 94 valence electrons. The third kappa shape index (κ3) is 2.73. The summed E-state index contributed by atoms with van der Waals surface area (Å²) in [5, 5.41) is 9.22. The summed E-state index contributed by atoms with van der Waals surface area (Å²) in [7, 11) is 0. The van der Waals surface area contributed by atoms with Gasteiger partial charge in [0.05, 0.1) is 0 Å². The van der Waals surface area contributed by atoms with Crippen LogP contribution in [0.5, 0.6) is 0 Å². The van der Waals surface area contributed by atoms with Crippen LogP contribution in [0.1, 0.15) is 55.6 Å². The Balaban J connectivity index is 2.33. The number of hydrogen-bond acceptors (Lipinski definition) is 1. The lowest BCUT2D eigenvalue weighted by Crippen LogP contribution is -2.19. The summed E-state index contributed by atoms with van der Waals surface area (Å²) >= 11 is 3.37. The minimum atomic E-state index is -0.841. The van der Waals surface area contributed by atoms with Gasteiger partial charge in [0.1, 0.15) is 5.69 Å². The molecule has 1 N–H and O–H groups in total. The number of aromatic nitrogens is 1. The molecule has 0 amide bonds. The van der Waals surface area contributed by atoms with Crippen LogP contribution in [0.2, 0.25) is 0 Å². The normalized spacial score (nSPS) is 25.5. The molecule has 0 radical (unpaired) electrons. The monoisotopic (exact) mass is 299 g/mol. The molecule has 1 heterocycles. The van der Waals surface area contributed by atoms with Gasteiger partial charge in [0.2, 0.25) is 0 Å². The van der Waals surface area contributed by atoms with E-state index < -0.39 is 5.97 Å². The summed E-state index contributed by atoms with van der Waals surface area (Å²) in [4.78, 5) is 11.2. The zero-order chi connectivity index (χ0) is 12.4. The molecule has 4 heteroatoms. The molecule has 1 aromatic rings. The first-order chi connectivity index (χ1) is 8.09. The molecule has 1 aliphatic carbocycles. The van der Waals surface area contributed by atoms with Gasteiger partial charge in [-0.1, -0.05) is 26.2 Å². The summed E-state index contributed by atoms with van der Waals surface area (Å²) in [6.45, 7) is 2.23. The van der Waals surface area contributed by atoms with Gasteiger partial charge in [0, 0.05) is 16.7 Å². The van der Waals surface area contributed by atoms with Crippen LogP contribution in [0, 0.1) is 5.92 Å². The number of carboxylic acid groups (broad SMARTS) is 1. The van der Waals surface area contributed by atoms with Gasteiger partial charge in [-0.25, -0.2) is 4.79 Å².